The van der Waals surface area contributed by atoms with Gasteiger partial charge in [0.05, 0.1) is 32.7 Å². The van der Waals surface area contributed by atoms with Gasteiger partial charge in [0.1, 0.15) is 11.8 Å². The molecule has 0 unspecified atom stereocenters. The Morgan fingerprint density at radius 1 is 1.16 bits per heavy atom. The van der Waals surface area contributed by atoms with E-state index < -0.39 is 11.0 Å². The van der Waals surface area contributed by atoms with Crippen molar-refractivity contribution in [1.29, 1.82) is 0 Å². The van der Waals surface area contributed by atoms with Gasteiger partial charge in [-0.15, -0.1) is 0 Å². The first-order valence-electron chi connectivity index (χ1n) is 13.4. The summed E-state index contributed by atoms with van der Waals surface area (Å²) in [4.78, 5) is 54.8. The number of rotatable bonds is 9. The van der Waals surface area contributed by atoms with Gasteiger partial charge in [-0.3, -0.25) is 24.3 Å². The summed E-state index contributed by atoms with van der Waals surface area (Å²) in [5.41, 5.74) is 1.54. The SMILES string of the molecule is CCN(CC)C(=O)C1=C(C)N=c2s/c(=C\c3ccc(Sc4ncccn4)c([N+](=O)[O-])c3)c(=O)n2[C@@H]1c1ccccc1OC. The number of carbonyl (C=O) groups is 1. The van der Waals surface area contributed by atoms with Gasteiger partial charge in [0.2, 0.25) is 0 Å². The number of thiazole rings is 1. The van der Waals surface area contributed by atoms with E-state index in [1.807, 2.05) is 32.0 Å². The maximum absolute atomic E-state index is 14.1. The number of nitro benzene ring substituents is 1. The maximum Gasteiger partial charge on any atom is 0.283 e. The van der Waals surface area contributed by atoms with E-state index in [1.165, 1.54) is 10.6 Å². The van der Waals surface area contributed by atoms with E-state index in [9.17, 15) is 19.7 Å². The average Bonchev–Trinajstić information content (AvgIpc) is 3.31. The minimum atomic E-state index is -0.776. The van der Waals surface area contributed by atoms with Crippen molar-refractivity contribution in [2.75, 3.05) is 20.2 Å². The highest BCUT2D eigenvalue weighted by molar-refractivity contribution is 7.99. The molecule has 4 aromatic rings. The Morgan fingerprint density at radius 2 is 1.88 bits per heavy atom. The molecular weight excluding hydrogens is 589 g/mol. The van der Waals surface area contributed by atoms with E-state index in [1.54, 1.807) is 61.7 Å². The molecule has 0 radical (unpaired) electrons. The number of fused-ring (bicyclic) bond motifs is 1. The zero-order valence-electron chi connectivity index (χ0n) is 23.9. The van der Waals surface area contributed by atoms with E-state index in [4.69, 9.17) is 4.74 Å². The molecule has 0 spiro atoms. The predicted octanol–water partition coefficient (Wildman–Crippen LogP) is 3.96. The largest absolute Gasteiger partial charge is 0.496 e. The van der Waals surface area contributed by atoms with Crippen LogP contribution in [-0.4, -0.2) is 50.5 Å². The molecule has 0 saturated heterocycles. The highest BCUT2D eigenvalue weighted by Crippen LogP contribution is 2.36. The third kappa shape index (κ3) is 5.86. The summed E-state index contributed by atoms with van der Waals surface area (Å²) in [6.07, 6.45) is 4.74. The van der Waals surface area contributed by atoms with Crippen LogP contribution in [0.4, 0.5) is 5.69 Å². The van der Waals surface area contributed by atoms with Crippen molar-refractivity contribution >= 4 is 40.8 Å². The van der Waals surface area contributed by atoms with Crippen LogP contribution in [0, 0.1) is 10.1 Å². The van der Waals surface area contributed by atoms with Crippen LogP contribution >= 0.6 is 23.1 Å². The molecule has 0 saturated carbocycles. The van der Waals surface area contributed by atoms with Crippen molar-refractivity contribution in [1.82, 2.24) is 19.4 Å². The summed E-state index contributed by atoms with van der Waals surface area (Å²) in [5.74, 6) is 0.329. The Labute approximate surface area is 255 Å². The Morgan fingerprint density at radius 3 is 2.56 bits per heavy atom. The molecule has 2 aromatic heterocycles. The van der Waals surface area contributed by atoms with Gasteiger partial charge in [-0.05, 0) is 62.4 Å². The molecule has 220 valence electrons. The van der Waals surface area contributed by atoms with Crippen molar-refractivity contribution in [3.8, 4) is 5.75 Å². The molecule has 1 amide bonds. The summed E-state index contributed by atoms with van der Waals surface area (Å²) >= 11 is 2.24. The Balaban J connectivity index is 1.66. The third-order valence-electron chi connectivity index (χ3n) is 6.96. The summed E-state index contributed by atoms with van der Waals surface area (Å²) in [6.45, 7) is 6.57. The molecule has 43 heavy (non-hydrogen) atoms. The van der Waals surface area contributed by atoms with Crippen molar-refractivity contribution in [3.05, 3.63) is 113 Å². The van der Waals surface area contributed by atoms with Crippen LogP contribution < -0.4 is 19.6 Å². The number of carbonyl (C=O) groups excluding carboxylic acids is 1. The van der Waals surface area contributed by atoms with Gasteiger partial charge >= 0.3 is 0 Å². The fourth-order valence-electron chi connectivity index (χ4n) is 4.90. The molecule has 1 aliphatic rings. The number of para-hydroxylation sites is 1. The average molecular weight is 617 g/mol. The zero-order valence-corrected chi connectivity index (χ0v) is 25.5. The van der Waals surface area contributed by atoms with Crippen LogP contribution in [0.2, 0.25) is 0 Å². The number of nitrogens with zero attached hydrogens (tertiary/aromatic N) is 6. The van der Waals surface area contributed by atoms with Gasteiger partial charge in [0, 0.05) is 37.1 Å². The molecule has 5 rings (SSSR count). The molecule has 2 aromatic carbocycles. The number of nitro groups is 1. The molecule has 3 heterocycles. The molecule has 0 bridgehead atoms. The van der Waals surface area contributed by atoms with E-state index in [0.29, 0.717) is 60.6 Å². The van der Waals surface area contributed by atoms with E-state index in [2.05, 4.69) is 15.0 Å². The van der Waals surface area contributed by atoms with Gasteiger partial charge in [-0.2, -0.15) is 0 Å². The Bertz CT molecular complexity index is 1920. The highest BCUT2D eigenvalue weighted by Gasteiger charge is 2.35. The smallest absolute Gasteiger partial charge is 0.283 e. The molecule has 13 heteroatoms. The van der Waals surface area contributed by atoms with Crippen LogP contribution in [0.5, 0.6) is 5.75 Å². The summed E-state index contributed by atoms with van der Waals surface area (Å²) in [5, 5.41) is 12.3. The number of likely N-dealkylation sites (N-methyl/N-ethyl adjacent to an activating group) is 1. The van der Waals surface area contributed by atoms with Gasteiger partial charge in [-0.1, -0.05) is 35.6 Å². The summed E-state index contributed by atoms with van der Waals surface area (Å²) < 4.78 is 7.49. The van der Waals surface area contributed by atoms with Crippen LogP contribution in [0.15, 0.2) is 92.0 Å². The fraction of sp³-hybridized carbons (Fsp3) is 0.233. The van der Waals surface area contributed by atoms with Crippen LogP contribution in [-0.2, 0) is 4.79 Å². The zero-order chi connectivity index (χ0) is 30.7. The van der Waals surface area contributed by atoms with Crippen molar-refractivity contribution in [3.63, 3.8) is 0 Å². The fourth-order valence-corrected chi connectivity index (χ4v) is 6.75. The number of allylic oxidation sites excluding steroid dienone is 1. The number of amides is 1. The lowest BCUT2D eigenvalue weighted by Crippen LogP contribution is -2.43. The molecule has 0 aliphatic carbocycles. The number of ether oxygens (including phenoxy) is 1. The Hall–Kier alpha value is -4.62. The second-order valence-corrected chi connectivity index (χ2v) is 11.4. The van der Waals surface area contributed by atoms with Crippen molar-refractivity contribution in [2.24, 2.45) is 4.99 Å². The number of aromatic nitrogens is 3. The second-order valence-electron chi connectivity index (χ2n) is 9.42. The molecule has 0 N–H and O–H groups in total. The normalized spacial score (nSPS) is 14.7. The summed E-state index contributed by atoms with van der Waals surface area (Å²) in [7, 11) is 1.55. The predicted molar refractivity (Wildman–Crippen MR) is 164 cm³/mol. The second kappa shape index (κ2) is 12.7. The number of methoxy groups -OCH3 is 1. The van der Waals surface area contributed by atoms with E-state index in [0.717, 1.165) is 23.1 Å². The van der Waals surface area contributed by atoms with Crippen LogP contribution in [0.1, 0.15) is 37.9 Å². The first-order valence-corrected chi connectivity index (χ1v) is 15.1. The number of hydrogen-bond acceptors (Lipinski definition) is 10. The standard InChI is InChI=1S/C30H28N6O5S2/c1-5-34(6-2)28(38)25-18(3)33-30-35(26(25)20-10-7-8-11-22(20)41-4)27(37)24(43-30)17-19-12-13-23(21(16-19)36(39)40)42-29-31-14-9-15-32-29/h7-17,26H,5-6H2,1-4H3/b24-17-/t26-/m1/s1. The first kappa shape index (κ1) is 29.9. The first-order chi connectivity index (χ1) is 20.8. The van der Waals surface area contributed by atoms with E-state index in [-0.39, 0.29) is 17.2 Å². The van der Waals surface area contributed by atoms with Gasteiger partial charge in [0.15, 0.2) is 9.96 Å². The quantitative estimate of drug-likeness (QED) is 0.157. The molecule has 11 nitrogen and oxygen atoms in total. The molecule has 0 fully saturated rings. The third-order valence-corrected chi connectivity index (χ3v) is 8.90. The minimum absolute atomic E-state index is 0.131. The van der Waals surface area contributed by atoms with Crippen molar-refractivity contribution < 1.29 is 14.5 Å². The lowest BCUT2D eigenvalue weighted by atomic mass is 9.94. The molecule has 1 atom stereocenters. The van der Waals surface area contributed by atoms with Gasteiger partial charge in [-0.25, -0.2) is 15.0 Å². The number of benzene rings is 2. The number of hydrogen-bond donors (Lipinski definition) is 0. The van der Waals surface area contributed by atoms with Crippen LogP contribution in [0.25, 0.3) is 6.08 Å². The highest BCUT2D eigenvalue weighted by atomic mass is 32.2. The molecular formula is C30H28N6O5S2. The Kier molecular flexibility index (Phi) is 8.83. The van der Waals surface area contributed by atoms with Crippen molar-refractivity contribution in [2.45, 2.75) is 36.9 Å². The summed E-state index contributed by atoms with van der Waals surface area (Å²) in [6, 6.07) is 12.9. The van der Waals surface area contributed by atoms with Gasteiger partial charge < -0.3 is 9.64 Å². The lowest BCUT2D eigenvalue weighted by Gasteiger charge is -2.29. The minimum Gasteiger partial charge on any atom is -0.496 e. The lowest BCUT2D eigenvalue weighted by molar-refractivity contribution is -0.387. The van der Waals surface area contributed by atoms with Gasteiger partial charge in [0.25, 0.3) is 17.2 Å². The maximum atomic E-state index is 14.1. The van der Waals surface area contributed by atoms with Crippen LogP contribution in [0.3, 0.4) is 0 Å². The monoisotopic (exact) mass is 616 g/mol. The molecule has 1 aliphatic heterocycles. The topological polar surface area (TPSA) is 133 Å². The van der Waals surface area contributed by atoms with E-state index >= 15 is 0 Å².